The average molecular weight is 759 g/mol. The number of anilines is 5. The van der Waals surface area contributed by atoms with E-state index in [-0.39, 0.29) is 0 Å². The zero-order valence-electron chi connectivity index (χ0n) is 32.9. The predicted molar refractivity (Wildman–Crippen MR) is 248 cm³/mol. The average Bonchev–Trinajstić information content (AvgIpc) is 3.93. The molecule has 282 valence electrons. The lowest BCUT2D eigenvalue weighted by atomic mass is 9.86. The first kappa shape index (κ1) is 33.8. The van der Waals surface area contributed by atoms with Gasteiger partial charge in [-0.1, -0.05) is 96.6 Å². The molecule has 4 nitrogen and oxygen atoms in total. The summed E-state index contributed by atoms with van der Waals surface area (Å²) >= 11 is 0. The van der Waals surface area contributed by atoms with Crippen LogP contribution in [0.3, 0.4) is 0 Å². The Bertz CT molecular complexity index is 3190. The fraction of sp³-hybridized carbons (Fsp3) is 0.0909. The topological polar surface area (TPSA) is 16.3 Å². The Morgan fingerprint density at radius 3 is 1.51 bits per heavy atom. The molecule has 1 aliphatic heterocycles. The minimum Gasteiger partial charge on any atom is -0.334 e. The Balaban J connectivity index is 0.973. The number of allylic oxidation sites excluding steroid dienone is 1. The fourth-order valence-corrected chi connectivity index (χ4v) is 10.2. The van der Waals surface area contributed by atoms with Gasteiger partial charge in [-0.25, -0.2) is 0 Å². The number of fused-ring (bicyclic) bond motifs is 9. The van der Waals surface area contributed by atoms with Crippen molar-refractivity contribution in [3.05, 3.63) is 211 Å². The molecule has 0 amide bonds. The van der Waals surface area contributed by atoms with Gasteiger partial charge in [0.2, 0.25) is 0 Å². The molecule has 2 unspecified atom stereocenters. The van der Waals surface area contributed by atoms with Crippen LogP contribution in [-0.2, 0) is 0 Å². The second-order valence-electron chi connectivity index (χ2n) is 16.2. The first-order chi connectivity index (χ1) is 29.2. The van der Waals surface area contributed by atoms with Gasteiger partial charge < -0.3 is 18.9 Å². The number of hydrogen-bond acceptors (Lipinski definition) is 2. The van der Waals surface area contributed by atoms with Crippen molar-refractivity contribution in [2.24, 2.45) is 0 Å². The number of aryl methyl sites for hydroxylation is 1. The molecule has 0 N–H and O–H groups in total. The molecule has 1 aliphatic carbocycles. The third-order valence-electron chi connectivity index (χ3n) is 12.8. The van der Waals surface area contributed by atoms with Gasteiger partial charge in [0.25, 0.3) is 0 Å². The summed E-state index contributed by atoms with van der Waals surface area (Å²) in [6, 6.07) is 69.6. The molecule has 2 atom stereocenters. The minimum absolute atomic E-state index is 0.341. The van der Waals surface area contributed by atoms with E-state index in [4.69, 9.17) is 0 Å². The van der Waals surface area contributed by atoms with Crippen LogP contribution < -0.4 is 9.80 Å². The lowest BCUT2D eigenvalue weighted by Crippen LogP contribution is -2.29. The van der Waals surface area contributed by atoms with E-state index in [9.17, 15) is 0 Å². The standard InChI is InChI=1S/C55H42N4/c1-37-22-35-55-49(36-37)48-16-6-11-21-54(48)59(55)43-33-27-40(28-34-43)56(38-23-29-41(30-24-38)57-50-17-7-2-12-44(50)45-13-3-8-18-51(45)57)39-25-31-42(32-26-39)58-52-19-9-4-14-46(52)47-15-5-10-20-53(47)58/h2-4,6-14,16-36,47,53H,5,15H2,1H3. The number of nitrogens with zero attached hydrogens (tertiary/aromatic N) is 4. The van der Waals surface area contributed by atoms with E-state index in [0.717, 1.165) is 34.9 Å². The van der Waals surface area contributed by atoms with Gasteiger partial charge in [0.1, 0.15) is 0 Å². The third-order valence-corrected chi connectivity index (χ3v) is 12.8. The molecule has 8 aromatic carbocycles. The maximum atomic E-state index is 2.55. The van der Waals surface area contributed by atoms with Crippen LogP contribution in [0.15, 0.2) is 200 Å². The van der Waals surface area contributed by atoms with Gasteiger partial charge in [-0.15, -0.1) is 0 Å². The van der Waals surface area contributed by atoms with Gasteiger partial charge in [-0.3, -0.25) is 0 Å². The van der Waals surface area contributed by atoms with Crippen molar-refractivity contribution in [2.45, 2.75) is 31.7 Å². The van der Waals surface area contributed by atoms with Crippen molar-refractivity contribution in [1.29, 1.82) is 0 Å². The van der Waals surface area contributed by atoms with Crippen molar-refractivity contribution >= 4 is 72.0 Å². The van der Waals surface area contributed by atoms with E-state index >= 15 is 0 Å². The van der Waals surface area contributed by atoms with E-state index in [1.54, 1.807) is 0 Å². The van der Waals surface area contributed by atoms with Crippen molar-refractivity contribution in [2.75, 3.05) is 9.80 Å². The molecule has 12 rings (SSSR count). The number of aromatic nitrogens is 2. The van der Waals surface area contributed by atoms with Crippen LogP contribution in [0.5, 0.6) is 0 Å². The molecule has 0 radical (unpaired) electrons. The molecule has 0 fully saturated rings. The second-order valence-corrected chi connectivity index (χ2v) is 16.2. The summed E-state index contributed by atoms with van der Waals surface area (Å²) in [7, 11) is 0. The van der Waals surface area contributed by atoms with Crippen LogP contribution in [0.25, 0.3) is 55.0 Å². The molecular formula is C55H42N4. The maximum absolute atomic E-state index is 2.55. The van der Waals surface area contributed by atoms with Gasteiger partial charge in [-0.05, 0) is 135 Å². The van der Waals surface area contributed by atoms with Gasteiger partial charge in [0.05, 0.1) is 28.1 Å². The van der Waals surface area contributed by atoms with E-state index in [2.05, 4.69) is 226 Å². The summed E-state index contributed by atoms with van der Waals surface area (Å²) < 4.78 is 4.78. The van der Waals surface area contributed by atoms with Gasteiger partial charge in [-0.2, -0.15) is 0 Å². The Morgan fingerprint density at radius 1 is 0.458 bits per heavy atom. The van der Waals surface area contributed by atoms with Crippen molar-refractivity contribution in [1.82, 2.24) is 9.13 Å². The van der Waals surface area contributed by atoms with Crippen LogP contribution in [0.4, 0.5) is 28.4 Å². The normalized spacial score (nSPS) is 16.0. The zero-order chi connectivity index (χ0) is 39.0. The first-order valence-corrected chi connectivity index (χ1v) is 20.8. The Morgan fingerprint density at radius 2 is 0.932 bits per heavy atom. The summed E-state index contributed by atoms with van der Waals surface area (Å²) in [5.41, 5.74) is 15.7. The highest BCUT2D eigenvalue weighted by Crippen LogP contribution is 2.49. The molecule has 10 aromatic rings. The van der Waals surface area contributed by atoms with E-state index in [1.165, 1.54) is 72.5 Å². The van der Waals surface area contributed by atoms with Crippen LogP contribution >= 0.6 is 0 Å². The van der Waals surface area contributed by atoms with Gasteiger partial charge in [0, 0.05) is 67.3 Å². The minimum atomic E-state index is 0.341. The summed E-state index contributed by atoms with van der Waals surface area (Å²) in [6.07, 6.45) is 7.12. The lowest BCUT2D eigenvalue weighted by Gasteiger charge is -2.31. The summed E-state index contributed by atoms with van der Waals surface area (Å²) in [5, 5.41) is 5.09. The van der Waals surface area contributed by atoms with Crippen LogP contribution in [-0.4, -0.2) is 15.2 Å². The van der Waals surface area contributed by atoms with E-state index in [0.29, 0.717) is 12.0 Å². The molecule has 59 heavy (non-hydrogen) atoms. The largest absolute Gasteiger partial charge is 0.334 e. The van der Waals surface area contributed by atoms with Crippen molar-refractivity contribution < 1.29 is 0 Å². The van der Waals surface area contributed by atoms with Crippen LogP contribution in [0.1, 0.15) is 29.9 Å². The number of hydrogen-bond donors (Lipinski definition) is 0. The Hall–Kier alpha value is -7.30. The summed E-state index contributed by atoms with van der Waals surface area (Å²) in [6.45, 7) is 2.17. The number of para-hydroxylation sites is 4. The fourth-order valence-electron chi connectivity index (χ4n) is 10.2. The SMILES string of the molecule is Cc1ccc2c(c1)c1ccccc1n2-c1ccc(N(c2ccc(N3c4ccccc4C4CCC=CC43)cc2)c2ccc(-n3c4ccccc4c4ccccc43)cc2)cc1. The molecule has 0 saturated carbocycles. The monoisotopic (exact) mass is 758 g/mol. The molecule has 4 heteroatoms. The van der Waals surface area contributed by atoms with Crippen LogP contribution in [0, 0.1) is 6.92 Å². The molecule has 0 bridgehead atoms. The van der Waals surface area contributed by atoms with Crippen molar-refractivity contribution in [3.8, 4) is 11.4 Å². The van der Waals surface area contributed by atoms with Crippen molar-refractivity contribution in [3.63, 3.8) is 0 Å². The molecule has 0 saturated heterocycles. The quantitative estimate of drug-likeness (QED) is 0.157. The molecule has 2 aliphatic rings. The molecule has 3 heterocycles. The molecule has 2 aromatic heterocycles. The molecular weight excluding hydrogens is 717 g/mol. The zero-order valence-corrected chi connectivity index (χ0v) is 32.9. The highest BCUT2D eigenvalue weighted by molar-refractivity contribution is 6.10. The highest BCUT2D eigenvalue weighted by atomic mass is 15.2. The smallest absolute Gasteiger partial charge is 0.0591 e. The summed E-state index contributed by atoms with van der Waals surface area (Å²) in [5.74, 6) is 0.525. The number of benzene rings is 8. The lowest BCUT2D eigenvalue weighted by molar-refractivity contribution is 0.573. The maximum Gasteiger partial charge on any atom is 0.0591 e. The first-order valence-electron chi connectivity index (χ1n) is 20.8. The number of rotatable bonds is 6. The third kappa shape index (κ3) is 5.29. The van der Waals surface area contributed by atoms with Crippen LogP contribution in [0.2, 0.25) is 0 Å². The Kier molecular flexibility index (Phi) is 7.67. The predicted octanol–water partition coefficient (Wildman–Crippen LogP) is 14.6. The Labute approximate surface area is 344 Å². The van der Waals surface area contributed by atoms with Gasteiger partial charge >= 0.3 is 0 Å². The van der Waals surface area contributed by atoms with E-state index < -0.39 is 0 Å². The second kappa shape index (κ2) is 13.4. The van der Waals surface area contributed by atoms with Gasteiger partial charge in [0.15, 0.2) is 0 Å². The molecule has 0 spiro atoms. The summed E-state index contributed by atoms with van der Waals surface area (Å²) in [4.78, 5) is 4.94. The highest BCUT2D eigenvalue weighted by Gasteiger charge is 2.38. The van der Waals surface area contributed by atoms with E-state index in [1.807, 2.05) is 0 Å².